The van der Waals surface area contributed by atoms with E-state index in [0.29, 0.717) is 6.04 Å². The number of likely N-dealkylation sites (N-methyl/N-ethyl adjacent to an activating group) is 1. The zero-order valence-electron chi connectivity index (χ0n) is 10.3. The summed E-state index contributed by atoms with van der Waals surface area (Å²) in [6, 6.07) is 0.482. The van der Waals surface area contributed by atoms with Gasteiger partial charge >= 0.3 is 0 Å². The van der Waals surface area contributed by atoms with Crippen molar-refractivity contribution in [2.45, 2.75) is 52.5 Å². The zero-order chi connectivity index (χ0) is 11.5. The van der Waals surface area contributed by atoms with Crippen LogP contribution in [0.4, 0.5) is 0 Å². The van der Waals surface area contributed by atoms with E-state index in [4.69, 9.17) is 0 Å². The topological polar surface area (TPSA) is 37.8 Å². The van der Waals surface area contributed by atoms with Gasteiger partial charge in [0.15, 0.2) is 0 Å². The first kappa shape index (κ1) is 12.6. The second kappa shape index (κ2) is 5.03. The highest BCUT2D eigenvalue weighted by molar-refractivity contribution is 7.05. The highest BCUT2D eigenvalue weighted by Gasteiger charge is 2.19. The lowest BCUT2D eigenvalue weighted by molar-refractivity contribution is 0.541. The number of hydrogen-bond acceptors (Lipinski definition) is 4. The van der Waals surface area contributed by atoms with Crippen molar-refractivity contribution in [3.05, 3.63) is 10.8 Å². The van der Waals surface area contributed by atoms with E-state index >= 15 is 0 Å². The summed E-state index contributed by atoms with van der Waals surface area (Å²) in [5.41, 5.74) is 0.0656. The van der Waals surface area contributed by atoms with Crippen molar-refractivity contribution >= 4 is 11.5 Å². The van der Waals surface area contributed by atoms with Crippen molar-refractivity contribution in [2.24, 2.45) is 0 Å². The molecule has 1 unspecified atom stereocenters. The molecule has 1 aromatic rings. The molecule has 0 aromatic carbocycles. The summed E-state index contributed by atoms with van der Waals surface area (Å²) in [6.07, 6.45) is 0.974. The van der Waals surface area contributed by atoms with Crippen LogP contribution in [0.25, 0.3) is 0 Å². The third-order valence-corrected chi connectivity index (χ3v) is 2.91. The van der Waals surface area contributed by atoms with Gasteiger partial charge in [-0.2, -0.15) is 4.37 Å². The molecule has 0 fully saturated rings. The Morgan fingerprint density at radius 1 is 1.40 bits per heavy atom. The molecule has 0 bridgehead atoms. The fourth-order valence-corrected chi connectivity index (χ4v) is 2.28. The van der Waals surface area contributed by atoms with Crippen molar-refractivity contribution in [2.75, 3.05) is 6.54 Å². The first-order valence-electron chi connectivity index (χ1n) is 5.50. The lowest BCUT2D eigenvalue weighted by Crippen LogP contribution is -2.27. The highest BCUT2D eigenvalue weighted by Crippen LogP contribution is 2.21. The van der Waals surface area contributed by atoms with Crippen molar-refractivity contribution in [1.29, 1.82) is 0 Å². The summed E-state index contributed by atoms with van der Waals surface area (Å²) in [5, 5.41) is 4.51. The Kier molecular flexibility index (Phi) is 4.22. The maximum Gasteiger partial charge on any atom is 0.147 e. The molecule has 0 saturated heterocycles. The van der Waals surface area contributed by atoms with E-state index in [1.54, 1.807) is 0 Å². The van der Waals surface area contributed by atoms with Crippen LogP contribution in [0.3, 0.4) is 0 Å². The van der Waals surface area contributed by atoms with Crippen molar-refractivity contribution in [1.82, 2.24) is 14.7 Å². The molecule has 1 N–H and O–H groups in total. The van der Waals surface area contributed by atoms with Crippen molar-refractivity contribution in [3.63, 3.8) is 0 Å². The highest BCUT2D eigenvalue weighted by atomic mass is 32.1. The van der Waals surface area contributed by atoms with E-state index in [1.807, 2.05) is 0 Å². The molecule has 1 atom stereocenters. The molecule has 1 heterocycles. The molecule has 0 spiro atoms. The predicted molar refractivity (Wildman–Crippen MR) is 65.5 cm³/mol. The number of nitrogens with one attached hydrogen (secondary N) is 1. The third-order valence-electron chi connectivity index (χ3n) is 2.17. The minimum Gasteiger partial charge on any atom is -0.314 e. The van der Waals surface area contributed by atoms with Gasteiger partial charge in [0.2, 0.25) is 0 Å². The SMILES string of the molecule is CCNC(C)Cc1nc(C(C)(C)C)ns1. The van der Waals surface area contributed by atoms with Crippen LogP contribution in [0.1, 0.15) is 45.5 Å². The van der Waals surface area contributed by atoms with Gasteiger partial charge in [-0.1, -0.05) is 27.7 Å². The van der Waals surface area contributed by atoms with Crippen LogP contribution in [0.2, 0.25) is 0 Å². The van der Waals surface area contributed by atoms with Gasteiger partial charge in [-0.05, 0) is 25.0 Å². The first-order valence-corrected chi connectivity index (χ1v) is 6.27. The number of hydrogen-bond donors (Lipinski definition) is 1. The van der Waals surface area contributed by atoms with Gasteiger partial charge in [0.1, 0.15) is 10.8 Å². The molecule has 0 aliphatic heterocycles. The fourth-order valence-electron chi connectivity index (χ4n) is 1.32. The van der Waals surface area contributed by atoms with E-state index in [-0.39, 0.29) is 5.41 Å². The van der Waals surface area contributed by atoms with E-state index < -0.39 is 0 Å². The van der Waals surface area contributed by atoms with Crippen molar-refractivity contribution in [3.8, 4) is 0 Å². The maximum absolute atomic E-state index is 4.57. The molecule has 0 aliphatic rings. The Hall–Kier alpha value is -0.480. The molecule has 4 heteroatoms. The van der Waals surface area contributed by atoms with Crippen LogP contribution in [0.5, 0.6) is 0 Å². The van der Waals surface area contributed by atoms with Crippen LogP contribution in [-0.2, 0) is 11.8 Å². The minimum absolute atomic E-state index is 0.0656. The monoisotopic (exact) mass is 227 g/mol. The van der Waals surface area contributed by atoms with Gasteiger partial charge in [0, 0.05) is 17.9 Å². The molecule has 15 heavy (non-hydrogen) atoms. The average Bonchev–Trinajstić information content (AvgIpc) is 2.52. The van der Waals surface area contributed by atoms with Crippen LogP contribution >= 0.6 is 11.5 Å². The molecule has 3 nitrogen and oxygen atoms in total. The van der Waals surface area contributed by atoms with Gasteiger partial charge in [-0.15, -0.1) is 0 Å². The smallest absolute Gasteiger partial charge is 0.147 e. The summed E-state index contributed by atoms with van der Waals surface area (Å²) in [4.78, 5) is 4.57. The summed E-state index contributed by atoms with van der Waals surface area (Å²) >= 11 is 1.53. The second-order valence-electron chi connectivity index (χ2n) is 4.92. The largest absolute Gasteiger partial charge is 0.314 e. The van der Waals surface area contributed by atoms with E-state index in [2.05, 4.69) is 49.3 Å². The molecule has 0 radical (unpaired) electrons. The van der Waals surface area contributed by atoms with E-state index in [1.165, 1.54) is 11.5 Å². The number of aromatic nitrogens is 2. The molecule has 1 rings (SSSR count). The van der Waals surface area contributed by atoms with Crippen LogP contribution < -0.4 is 5.32 Å². The van der Waals surface area contributed by atoms with Crippen LogP contribution in [-0.4, -0.2) is 21.9 Å². The summed E-state index contributed by atoms with van der Waals surface area (Å²) < 4.78 is 4.40. The summed E-state index contributed by atoms with van der Waals surface area (Å²) in [5.74, 6) is 0.964. The zero-order valence-corrected chi connectivity index (χ0v) is 11.1. The Balaban J connectivity index is 2.61. The molecular weight excluding hydrogens is 206 g/mol. The lowest BCUT2D eigenvalue weighted by Gasteiger charge is -2.12. The molecule has 1 aromatic heterocycles. The van der Waals surface area contributed by atoms with E-state index in [0.717, 1.165) is 23.8 Å². The van der Waals surface area contributed by atoms with Crippen molar-refractivity contribution < 1.29 is 0 Å². The quantitative estimate of drug-likeness (QED) is 0.858. The van der Waals surface area contributed by atoms with E-state index in [9.17, 15) is 0 Å². The second-order valence-corrected chi connectivity index (χ2v) is 5.76. The number of rotatable bonds is 4. The normalized spacial score (nSPS) is 14.2. The molecule has 0 aliphatic carbocycles. The lowest BCUT2D eigenvalue weighted by atomic mass is 9.96. The summed E-state index contributed by atoms with van der Waals surface area (Å²) in [6.45, 7) is 11.7. The molecule has 0 amide bonds. The number of nitrogens with zero attached hydrogens (tertiary/aromatic N) is 2. The Morgan fingerprint density at radius 3 is 2.53 bits per heavy atom. The molecule has 86 valence electrons. The van der Waals surface area contributed by atoms with Gasteiger partial charge in [0.25, 0.3) is 0 Å². The Bertz CT molecular complexity index is 301. The maximum atomic E-state index is 4.57. The van der Waals surface area contributed by atoms with Crippen LogP contribution in [0.15, 0.2) is 0 Å². The minimum atomic E-state index is 0.0656. The third kappa shape index (κ3) is 3.87. The predicted octanol–water partition coefficient (Wildman–Crippen LogP) is 2.38. The average molecular weight is 227 g/mol. The van der Waals surface area contributed by atoms with Gasteiger partial charge in [0.05, 0.1) is 0 Å². The fraction of sp³-hybridized carbons (Fsp3) is 0.818. The van der Waals surface area contributed by atoms with Crippen LogP contribution in [0, 0.1) is 0 Å². The Labute approximate surface area is 96.5 Å². The standard InChI is InChI=1S/C11H21N3S/c1-6-12-8(2)7-9-13-10(14-15-9)11(3,4)5/h8,12H,6-7H2,1-5H3. The summed E-state index contributed by atoms with van der Waals surface area (Å²) in [7, 11) is 0. The molecule has 0 saturated carbocycles. The molecular formula is C11H21N3S. The first-order chi connectivity index (χ1) is 6.93. The van der Waals surface area contributed by atoms with Gasteiger partial charge in [-0.25, -0.2) is 4.98 Å². The van der Waals surface area contributed by atoms with Gasteiger partial charge in [-0.3, -0.25) is 0 Å². The Morgan fingerprint density at radius 2 is 2.07 bits per heavy atom. The van der Waals surface area contributed by atoms with Gasteiger partial charge < -0.3 is 5.32 Å².